The van der Waals surface area contributed by atoms with Gasteiger partial charge in [0.15, 0.2) is 0 Å². The summed E-state index contributed by atoms with van der Waals surface area (Å²) in [6.07, 6.45) is 64.0. The Bertz CT molecular complexity index is 1290. The number of unbranched alkanes of at least 4 members (excludes halogenated alkanes) is 25. The number of carbonyl (C=O) groups is 4. The van der Waals surface area contributed by atoms with Crippen LogP contribution in [-0.4, -0.2) is 59.3 Å². The number of aliphatic hydroxyl groups excluding tert-OH is 1. The van der Waals surface area contributed by atoms with Crippen LogP contribution in [0.1, 0.15) is 251 Å². The van der Waals surface area contributed by atoms with Crippen LogP contribution in [0, 0.1) is 0 Å². The number of esters is 1. The molecule has 0 aromatic heterocycles. The molecule has 2 atom stereocenters. The van der Waals surface area contributed by atoms with E-state index in [-0.39, 0.29) is 30.9 Å². The van der Waals surface area contributed by atoms with E-state index in [0.29, 0.717) is 12.8 Å². The molecule has 4 N–H and O–H groups in total. The minimum atomic E-state index is -1.39. The number of carboxylic acid groups (broad SMARTS) is 1. The van der Waals surface area contributed by atoms with E-state index >= 15 is 0 Å². The van der Waals surface area contributed by atoms with Crippen molar-refractivity contribution in [2.24, 2.45) is 0 Å². The molecule has 0 bridgehead atoms. The Labute approximate surface area is 404 Å². The second-order valence-electron chi connectivity index (χ2n) is 18.3. The molecule has 2 unspecified atom stereocenters. The second-order valence-corrected chi connectivity index (χ2v) is 18.3. The predicted molar refractivity (Wildman–Crippen MR) is 277 cm³/mol. The zero-order chi connectivity index (χ0) is 48.2. The van der Waals surface area contributed by atoms with Gasteiger partial charge < -0.3 is 25.6 Å². The number of hydrogen-bond donors (Lipinski definition) is 4. The number of carboxylic acids is 1. The van der Waals surface area contributed by atoms with Crippen LogP contribution in [0.15, 0.2) is 60.8 Å². The smallest absolute Gasteiger partial charge is 0.328 e. The fourth-order valence-corrected chi connectivity index (χ4v) is 7.81. The lowest BCUT2D eigenvalue weighted by Crippen LogP contribution is -2.47. The molecule has 0 radical (unpaired) electrons. The lowest BCUT2D eigenvalue weighted by molar-refractivity contribution is -0.150. The van der Waals surface area contributed by atoms with Gasteiger partial charge in [-0.15, -0.1) is 0 Å². The number of rotatable bonds is 49. The molecule has 9 nitrogen and oxygen atoms in total. The summed E-state index contributed by atoms with van der Waals surface area (Å²) in [6.45, 7) is 3.47. The molecule has 0 rings (SSSR count). The fourth-order valence-electron chi connectivity index (χ4n) is 7.81. The molecule has 66 heavy (non-hydrogen) atoms. The van der Waals surface area contributed by atoms with E-state index in [9.17, 15) is 19.2 Å². The number of amides is 2. The Morgan fingerprint density at radius 1 is 0.455 bits per heavy atom. The Morgan fingerprint density at radius 2 is 0.818 bits per heavy atom. The van der Waals surface area contributed by atoms with Gasteiger partial charge in [-0.05, 0) is 109 Å². The Morgan fingerprint density at radius 3 is 1.24 bits per heavy atom. The number of carbonyl (C=O) groups excluding carboxylic acids is 3. The molecule has 9 heteroatoms. The summed E-state index contributed by atoms with van der Waals surface area (Å²) >= 11 is 0. The van der Waals surface area contributed by atoms with Crippen molar-refractivity contribution in [1.82, 2.24) is 10.6 Å². The largest absolute Gasteiger partial charge is 0.480 e. The van der Waals surface area contributed by atoms with Gasteiger partial charge in [0.2, 0.25) is 11.8 Å². The normalized spacial score (nSPS) is 12.9. The van der Waals surface area contributed by atoms with Crippen LogP contribution in [0.25, 0.3) is 0 Å². The van der Waals surface area contributed by atoms with Crippen molar-refractivity contribution in [1.29, 1.82) is 0 Å². The summed E-state index contributed by atoms with van der Waals surface area (Å²) < 4.78 is 6.06. The Hall–Kier alpha value is -3.46. The van der Waals surface area contributed by atoms with Crippen LogP contribution < -0.4 is 10.6 Å². The third-order valence-corrected chi connectivity index (χ3v) is 12.0. The first-order valence-electron chi connectivity index (χ1n) is 27.2. The molecule has 0 aliphatic heterocycles. The van der Waals surface area contributed by atoms with E-state index in [1.807, 2.05) is 0 Å². The first-order chi connectivity index (χ1) is 32.3. The van der Waals surface area contributed by atoms with E-state index in [4.69, 9.17) is 14.9 Å². The van der Waals surface area contributed by atoms with Crippen LogP contribution >= 0.6 is 0 Å². The zero-order valence-electron chi connectivity index (χ0n) is 42.4. The molecule has 0 spiro atoms. The SMILES string of the molecule is CCCCCCC/C=C\C/C=C\C/C=C\CCCCCCCCCCC(=O)OC(CCCCC/C=C\C/C=C\CCCCCCC)CCCCCCCC(=O)NCC(=O)NC(CO)C(=O)O. The van der Waals surface area contributed by atoms with Gasteiger partial charge in [0.25, 0.3) is 0 Å². The Balaban J connectivity index is 4.33. The molecule has 0 aromatic carbocycles. The Kier molecular flexibility index (Phi) is 48.3. The first-order valence-corrected chi connectivity index (χ1v) is 27.2. The van der Waals surface area contributed by atoms with Crippen LogP contribution in [0.5, 0.6) is 0 Å². The molecular weight excluding hydrogens is 825 g/mol. The second kappa shape index (κ2) is 50.9. The number of aliphatic carboxylic acids is 1. The lowest BCUT2D eigenvalue weighted by Gasteiger charge is -2.18. The fraction of sp³-hybridized carbons (Fsp3) is 0.754. The molecule has 0 aromatic rings. The molecular formula is C57H100N2O7. The summed E-state index contributed by atoms with van der Waals surface area (Å²) in [5.41, 5.74) is 0. The van der Waals surface area contributed by atoms with Crippen molar-refractivity contribution < 1.29 is 34.1 Å². The van der Waals surface area contributed by atoms with Crippen LogP contribution in [0.4, 0.5) is 0 Å². The summed E-state index contributed by atoms with van der Waals surface area (Å²) in [5.74, 6) is -2.31. The third kappa shape index (κ3) is 47.0. The van der Waals surface area contributed by atoms with E-state index in [1.165, 1.54) is 122 Å². The van der Waals surface area contributed by atoms with Crippen molar-refractivity contribution in [2.45, 2.75) is 264 Å². The summed E-state index contributed by atoms with van der Waals surface area (Å²) in [4.78, 5) is 47.9. The van der Waals surface area contributed by atoms with Gasteiger partial charge in [-0.3, -0.25) is 14.4 Å². The summed E-state index contributed by atoms with van der Waals surface area (Å²) in [7, 11) is 0. The highest BCUT2D eigenvalue weighted by Gasteiger charge is 2.19. The van der Waals surface area contributed by atoms with Crippen molar-refractivity contribution in [3.63, 3.8) is 0 Å². The van der Waals surface area contributed by atoms with Gasteiger partial charge in [-0.2, -0.15) is 0 Å². The van der Waals surface area contributed by atoms with Gasteiger partial charge in [-0.1, -0.05) is 190 Å². The molecule has 2 amide bonds. The first kappa shape index (κ1) is 62.5. The molecule has 0 saturated heterocycles. The van der Waals surface area contributed by atoms with Gasteiger partial charge in [0.1, 0.15) is 12.1 Å². The maximum absolute atomic E-state index is 12.9. The van der Waals surface area contributed by atoms with E-state index in [0.717, 1.165) is 96.3 Å². The third-order valence-electron chi connectivity index (χ3n) is 12.0. The van der Waals surface area contributed by atoms with Crippen molar-refractivity contribution >= 4 is 23.8 Å². The quantitative estimate of drug-likeness (QED) is 0.0270. The monoisotopic (exact) mass is 925 g/mol. The number of ether oxygens (including phenoxy) is 1. The van der Waals surface area contributed by atoms with E-state index < -0.39 is 24.5 Å². The average molecular weight is 925 g/mol. The zero-order valence-corrected chi connectivity index (χ0v) is 42.4. The van der Waals surface area contributed by atoms with Gasteiger partial charge in [0, 0.05) is 12.8 Å². The van der Waals surface area contributed by atoms with Crippen LogP contribution in [0.2, 0.25) is 0 Å². The molecule has 0 heterocycles. The van der Waals surface area contributed by atoms with Gasteiger partial charge >= 0.3 is 11.9 Å². The molecule has 0 saturated carbocycles. The van der Waals surface area contributed by atoms with Crippen molar-refractivity contribution in [2.75, 3.05) is 13.2 Å². The summed E-state index contributed by atoms with van der Waals surface area (Å²) in [5, 5.41) is 22.6. The predicted octanol–water partition coefficient (Wildman–Crippen LogP) is 14.8. The maximum atomic E-state index is 12.9. The minimum absolute atomic E-state index is 0.0445. The minimum Gasteiger partial charge on any atom is -0.480 e. The lowest BCUT2D eigenvalue weighted by atomic mass is 10.0. The number of nitrogens with one attached hydrogen (secondary N) is 2. The molecule has 0 fully saturated rings. The highest BCUT2D eigenvalue weighted by Crippen LogP contribution is 2.19. The number of hydrogen-bond acceptors (Lipinski definition) is 6. The highest BCUT2D eigenvalue weighted by molar-refractivity contribution is 5.87. The summed E-state index contributed by atoms with van der Waals surface area (Å²) in [6, 6.07) is -1.39. The standard InChI is InChI=1S/C57H100N2O7/c1-3-5-7-9-11-13-15-17-19-20-21-22-23-24-25-26-28-30-32-34-36-41-45-49-56(63)66-52(46-42-38-35-33-31-29-27-18-16-14-12-10-8-6-4-2)47-43-39-37-40-44-48-54(61)58-50-55(62)59-53(51-60)57(64)65/h15-18,20-21,23-24,29,31,52-53,60H,3-14,19,22,25-28,30,32-51H2,1-2H3,(H,58,61)(H,59,62)(H,64,65)/b17-15-,18-16-,21-20-,24-23-,31-29-. The van der Waals surface area contributed by atoms with E-state index in [1.54, 1.807) is 0 Å². The van der Waals surface area contributed by atoms with E-state index in [2.05, 4.69) is 85.2 Å². The van der Waals surface area contributed by atoms with Gasteiger partial charge in [-0.25, -0.2) is 4.79 Å². The number of allylic oxidation sites excluding steroid dienone is 10. The molecule has 0 aliphatic carbocycles. The molecule has 380 valence electrons. The maximum Gasteiger partial charge on any atom is 0.328 e. The topological polar surface area (TPSA) is 142 Å². The van der Waals surface area contributed by atoms with Crippen molar-refractivity contribution in [3.8, 4) is 0 Å². The van der Waals surface area contributed by atoms with Crippen LogP contribution in [0.3, 0.4) is 0 Å². The average Bonchev–Trinajstić information content (AvgIpc) is 3.30. The highest BCUT2D eigenvalue weighted by atomic mass is 16.5. The number of aliphatic hydroxyl groups is 1. The van der Waals surface area contributed by atoms with Gasteiger partial charge in [0.05, 0.1) is 13.2 Å². The van der Waals surface area contributed by atoms with Crippen LogP contribution in [-0.2, 0) is 23.9 Å². The molecule has 0 aliphatic rings. The van der Waals surface area contributed by atoms with Crippen molar-refractivity contribution in [3.05, 3.63) is 60.8 Å².